The third-order valence-corrected chi connectivity index (χ3v) is 22.1. The topological polar surface area (TPSA) is 84.2 Å². The smallest absolute Gasteiger partial charge is 0.164 e. The number of rotatable bonds is 10. The lowest BCUT2D eigenvalue weighted by Gasteiger charge is -2.12. The van der Waals surface area contributed by atoms with Crippen LogP contribution in [-0.4, -0.2) is 43.2 Å². The van der Waals surface area contributed by atoms with E-state index in [1.54, 1.807) is 0 Å². The van der Waals surface area contributed by atoms with E-state index >= 15 is 0 Å². The first-order valence-electron chi connectivity index (χ1n) is 36.0. The minimum Gasteiger partial charge on any atom is -0.309 e. The van der Waals surface area contributed by atoms with E-state index in [1.807, 2.05) is 84.3 Å². The van der Waals surface area contributed by atoms with E-state index in [-0.39, 0.29) is 0 Å². The van der Waals surface area contributed by atoms with Crippen LogP contribution < -0.4 is 0 Å². The molecule has 0 bridgehead atoms. The van der Waals surface area contributed by atoms with Gasteiger partial charge in [-0.25, -0.2) is 24.9 Å². The maximum atomic E-state index is 5.17. The summed E-state index contributed by atoms with van der Waals surface area (Å²) in [5, 5.41) is 12.5. The van der Waals surface area contributed by atoms with Crippen LogP contribution in [-0.2, 0) is 0 Å². The van der Waals surface area contributed by atoms with Crippen molar-refractivity contribution in [2.75, 3.05) is 0 Å². The van der Waals surface area contributed by atoms with Gasteiger partial charge in [-0.15, -0.1) is 11.3 Å². The molecule has 107 heavy (non-hydrogen) atoms. The molecule has 0 radical (unpaired) electrons. The first kappa shape index (κ1) is 61.5. The Balaban J connectivity index is 0.000000138. The average Bonchev–Trinajstić information content (AvgIpc) is 1.56. The molecule has 0 unspecified atom stereocenters. The maximum Gasteiger partial charge on any atom is 0.164 e. The quantitative estimate of drug-likeness (QED) is 0.136. The van der Waals surface area contributed by atoms with Crippen molar-refractivity contribution in [2.45, 2.75) is 0 Å². The van der Waals surface area contributed by atoms with Crippen LogP contribution in [0.2, 0.25) is 0 Å². The van der Waals surface area contributed by atoms with Crippen LogP contribution in [0.15, 0.2) is 370 Å². The van der Waals surface area contributed by atoms with E-state index in [2.05, 4.69) is 316 Å². The van der Waals surface area contributed by atoms with Crippen molar-refractivity contribution < 1.29 is 0 Å². The summed E-state index contributed by atoms with van der Waals surface area (Å²) in [6.07, 6.45) is 1.89. The largest absolute Gasteiger partial charge is 0.309 e. The predicted molar refractivity (Wildman–Crippen MR) is 445 cm³/mol. The van der Waals surface area contributed by atoms with Gasteiger partial charge in [-0.1, -0.05) is 249 Å². The molecule has 0 fully saturated rings. The second kappa shape index (κ2) is 25.4. The van der Waals surface area contributed by atoms with Crippen LogP contribution in [0.5, 0.6) is 0 Å². The summed E-state index contributed by atoms with van der Waals surface area (Å²) >= 11 is 1.82. The summed E-state index contributed by atoms with van der Waals surface area (Å²) in [4.78, 5) is 24.9. The zero-order valence-electron chi connectivity index (χ0n) is 57.7. The van der Waals surface area contributed by atoms with Gasteiger partial charge in [0.05, 0.1) is 49.8 Å². The van der Waals surface area contributed by atoms with Crippen LogP contribution in [0.4, 0.5) is 0 Å². The first-order valence-corrected chi connectivity index (χ1v) is 36.8. The van der Waals surface area contributed by atoms with Gasteiger partial charge in [0.15, 0.2) is 23.3 Å². The summed E-state index contributed by atoms with van der Waals surface area (Å²) in [5.74, 6) is 2.64. The number of aromatic nitrogens is 9. The van der Waals surface area contributed by atoms with Crippen molar-refractivity contribution in [2.24, 2.45) is 0 Å². The van der Waals surface area contributed by atoms with E-state index in [0.717, 1.165) is 78.4 Å². The molecule has 22 aromatic rings. The highest BCUT2D eigenvalue weighted by molar-refractivity contribution is 7.26. The van der Waals surface area contributed by atoms with Gasteiger partial charge in [0, 0.05) is 120 Å². The van der Waals surface area contributed by atoms with Crippen LogP contribution in [0.25, 0.3) is 198 Å². The molecule has 0 saturated carbocycles. The zero-order valence-corrected chi connectivity index (χ0v) is 58.5. The lowest BCUT2D eigenvalue weighted by atomic mass is 10.0. The molecule has 0 aliphatic heterocycles. The molecular weight excluding hydrogens is 1320 g/mol. The Labute approximate surface area is 618 Å². The van der Waals surface area contributed by atoms with Crippen LogP contribution in [0.3, 0.4) is 0 Å². The van der Waals surface area contributed by atoms with E-state index in [1.165, 1.54) is 96.4 Å². The summed E-state index contributed by atoms with van der Waals surface area (Å²) in [6.45, 7) is 0. The first-order chi connectivity index (χ1) is 53.1. The Bertz CT molecular complexity index is 7200. The minimum atomic E-state index is 0.635. The third-order valence-electron chi connectivity index (χ3n) is 20.9. The molecule has 0 saturated heterocycles. The maximum absolute atomic E-state index is 5.17. The number of hydrogen-bond donors (Lipinski definition) is 0. The van der Waals surface area contributed by atoms with Crippen molar-refractivity contribution in [3.8, 4) is 90.7 Å². The molecule has 10 heteroatoms. The molecule has 0 N–H and O–H groups in total. The Morgan fingerprint density at radius 1 is 0.206 bits per heavy atom. The van der Waals surface area contributed by atoms with Crippen molar-refractivity contribution >= 4 is 119 Å². The van der Waals surface area contributed by atoms with Crippen molar-refractivity contribution in [1.82, 2.24) is 43.2 Å². The van der Waals surface area contributed by atoms with E-state index in [9.17, 15) is 0 Å². The van der Waals surface area contributed by atoms with Gasteiger partial charge < -0.3 is 18.3 Å². The molecule has 0 spiro atoms. The Kier molecular flexibility index (Phi) is 14.6. The van der Waals surface area contributed by atoms with Gasteiger partial charge in [0.1, 0.15) is 0 Å². The highest BCUT2D eigenvalue weighted by Gasteiger charge is 2.23. The van der Waals surface area contributed by atoms with Gasteiger partial charge in [0.2, 0.25) is 0 Å². The lowest BCUT2D eigenvalue weighted by Crippen LogP contribution is -2.00. The zero-order chi connectivity index (χ0) is 70.5. The SMILES string of the molecule is c1ccc(-c2nc(-c3ccccc3)nc(-c3cccc(-c4cccc(-n5c6ccccc6c6cc7c8ccccc8n(-c8ccccc8)c7cc65)c4)c3)n2)cc1.c1ccc(-n2c3ccccc3c3cc4c5ccccc5n(-c5cccc(-c6nccc(-c7cccc8c7sc7ccccc78)n6)c5)c4cc32)cc1. The van der Waals surface area contributed by atoms with Gasteiger partial charge >= 0.3 is 0 Å². The molecule has 0 aliphatic carbocycles. The van der Waals surface area contributed by atoms with Gasteiger partial charge in [-0.3, -0.25) is 0 Å². The normalized spacial score (nSPS) is 11.7. The van der Waals surface area contributed by atoms with E-state index in [4.69, 9.17) is 24.9 Å². The third kappa shape index (κ3) is 10.4. The molecule has 7 aromatic heterocycles. The molecular formula is C97H61N9S. The fourth-order valence-electron chi connectivity index (χ4n) is 16.1. The average molecular weight is 1380 g/mol. The van der Waals surface area contributed by atoms with E-state index in [0.29, 0.717) is 23.3 Å². The van der Waals surface area contributed by atoms with Crippen molar-refractivity contribution in [1.29, 1.82) is 0 Å². The number of nitrogens with zero attached hydrogens (tertiary/aromatic N) is 9. The number of hydrogen-bond acceptors (Lipinski definition) is 6. The summed E-state index contributed by atoms with van der Waals surface area (Å²) in [6, 6.07) is 129. The fourth-order valence-corrected chi connectivity index (χ4v) is 17.3. The molecule has 22 rings (SSSR count). The standard InChI is InChI=1S/C51H33N5.C46H28N4S/c1-4-16-34(17-5-1)49-52-50(35-18-6-2-7-19-35)54-51(53-49)38-22-14-20-36(30-38)37-21-15-25-40(31-37)56-46-29-13-11-27-42(46)44-32-43-41-26-10-12-28-45(41)55(47(43)33-48(44)56)39-23-8-3-9-24-39;1-2-13-30(14-3-1)49-40-21-7-4-16-32(40)37-27-38-33-17-5-8-22-41(33)50(43(38)28-42(37)49)31-15-10-12-29(26-31)46-47-25-24-39(48-46)36-20-11-19-35-34-18-6-9-23-44(34)51-45(35)36/h1-33H;1-28H. The van der Waals surface area contributed by atoms with Crippen molar-refractivity contribution in [3.05, 3.63) is 370 Å². The number of fused-ring (bicyclic) bond motifs is 15. The monoisotopic (exact) mass is 1380 g/mol. The lowest BCUT2D eigenvalue weighted by molar-refractivity contribution is 1.07. The van der Waals surface area contributed by atoms with Crippen LogP contribution >= 0.6 is 11.3 Å². The molecule has 15 aromatic carbocycles. The second-order valence-corrected chi connectivity index (χ2v) is 28.2. The highest BCUT2D eigenvalue weighted by Crippen LogP contribution is 2.45. The number of thiophene rings is 1. The highest BCUT2D eigenvalue weighted by atomic mass is 32.1. The van der Waals surface area contributed by atoms with Crippen LogP contribution in [0.1, 0.15) is 0 Å². The predicted octanol–water partition coefficient (Wildman–Crippen LogP) is 25.1. The molecule has 9 nitrogen and oxygen atoms in total. The Hall–Kier alpha value is -14.2. The van der Waals surface area contributed by atoms with Crippen molar-refractivity contribution in [3.63, 3.8) is 0 Å². The summed E-state index contributed by atoms with van der Waals surface area (Å²) in [5.41, 5.74) is 21.9. The van der Waals surface area contributed by atoms with Crippen LogP contribution in [0, 0.1) is 0 Å². The Morgan fingerprint density at radius 2 is 0.551 bits per heavy atom. The Morgan fingerprint density at radius 3 is 1.05 bits per heavy atom. The molecule has 7 heterocycles. The molecule has 0 aliphatic rings. The van der Waals surface area contributed by atoms with E-state index < -0.39 is 0 Å². The number of para-hydroxylation sites is 6. The molecule has 500 valence electrons. The van der Waals surface area contributed by atoms with Gasteiger partial charge in [-0.05, 0) is 126 Å². The van der Waals surface area contributed by atoms with Gasteiger partial charge in [0.25, 0.3) is 0 Å². The summed E-state index contributed by atoms with van der Waals surface area (Å²) in [7, 11) is 0. The summed E-state index contributed by atoms with van der Waals surface area (Å²) < 4.78 is 12.1. The number of benzene rings is 15. The molecule has 0 amide bonds. The van der Waals surface area contributed by atoms with Gasteiger partial charge in [-0.2, -0.15) is 0 Å². The fraction of sp³-hybridized carbons (Fsp3) is 0. The minimum absolute atomic E-state index is 0.635. The molecule has 0 atom stereocenters. The second-order valence-electron chi connectivity index (χ2n) is 27.1.